The fourth-order valence-electron chi connectivity index (χ4n) is 2.81. The number of rotatable bonds is 9. The average Bonchev–Trinajstić information content (AvgIpc) is 3.29. The van der Waals surface area contributed by atoms with E-state index in [4.69, 9.17) is 11.6 Å². The Balaban J connectivity index is 1.94. The molecule has 0 saturated heterocycles. The maximum Gasteiger partial charge on any atom is 0.0465 e. The molecule has 1 unspecified atom stereocenters. The van der Waals surface area contributed by atoms with Crippen molar-refractivity contribution < 1.29 is 0 Å². The van der Waals surface area contributed by atoms with Gasteiger partial charge in [0, 0.05) is 28.1 Å². The number of unbranched alkanes of at least 4 members (excludes halogenated alkanes) is 1. The summed E-state index contributed by atoms with van der Waals surface area (Å²) >= 11 is 9.87. The van der Waals surface area contributed by atoms with Crippen molar-refractivity contribution in [2.75, 3.05) is 20.1 Å². The summed E-state index contributed by atoms with van der Waals surface area (Å²) in [6.07, 6.45) is 6.45. The van der Waals surface area contributed by atoms with Crippen LogP contribution in [0.15, 0.2) is 22.7 Å². The molecule has 1 N–H and O–H groups in total. The van der Waals surface area contributed by atoms with Gasteiger partial charge in [-0.2, -0.15) is 0 Å². The molecule has 1 atom stereocenters. The number of benzene rings is 1. The van der Waals surface area contributed by atoms with Crippen molar-refractivity contribution in [3.63, 3.8) is 0 Å². The smallest absolute Gasteiger partial charge is 0.0465 e. The van der Waals surface area contributed by atoms with Gasteiger partial charge in [0.15, 0.2) is 0 Å². The van der Waals surface area contributed by atoms with E-state index in [1.54, 1.807) is 0 Å². The van der Waals surface area contributed by atoms with E-state index in [1.807, 2.05) is 13.1 Å². The van der Waals surface area contributed by atoms with E-state index in [0.717, 1.165) is 28.5 Å². The van der Waals surface area contributed by atoms with Crippen molar-refractivity contribution in [2.24, 2.45) is 0 Å². The van der Waals surface area contributed by atoms with Crippen molar-refractivity contribution in [3.8, 4) is 0 Å². The lowest BCUT2D eigenvalue weighted by Crippen LogP contribution is -2.31. The number of nitrogens with zero attached hydrogens (tertiary/aromatic N) is 1. The second-order valence-corrected chi connectivity index (χ2v) is 7.24. The Morgan fingerprint density at radius 1 is 1.38 bits per heavy atom. The zero-order chi connectivity index (χ0) is 15.2. The molecule has 0 spiro atoms. The summed E-state index contributed by atoms with van der Waals surface area (Å²) in [5, 5.41) is 4.27. The zero-order valence-electron chi connectivity index (χ0n) is 13.0. The first kappa shape index (κ1) is 17.3. The van der Waals surface area contributed by atoms with Crippen LogP contribution in [0.4, 0.5) is 0 Å². The highest BCUT2D eigenvalue weighted by molar-refractivity contribution is 9.10. The van der Waals surface area contributed by atoms with E-state index in [9.17, 15) is 0 Å². The van der Waals surface area contributed by atoms with Crippen molar-refractivity contribution in [1.29, 1.82) is 0 Å². The van der Waals surface area contributed by atoms with Crippen molar-refractivity contribution >= 4 is 27.5 Å². The topological polar surface area (TPSA) is 15.3 Å². The molecule has 0 radical (unpaired) electrons. The standard InChI is InChI=1S/C17H26BrClN2/c1-3-4-10-21(14-6-7-14)11-9-17(20-2)15-8-5-13(18)12-16(15)19/h5,8,12,14,17,20H,3-4,6-7,9-11H2,1-2H3. The average molecular weight is 374 g/mol. The maximum atomic E-state index is 6.39. The number of hydrogen-bond donors (Lipinski definition) is 1. The summed E-state index contributed by atoms with van der Waals surface area (Å²) in [5.41, 5.74) is 1.20. The predicted octanol–water partition coefficient (Wildman–Crippen LogP) is 5.02. The normalized spacial score (nSPS) is 16.4. The molecule has 0 heterocycles. The Morgan fingerprint density at radius 3 is 2.71 bits per heavy atom. The molecule has 2 nitrogen and oxygen atoms in total. The van der Waals surface area contributed by atoms with Gasteiger partial charge in [-0.05, 0) is 57.0 Å². The Kier molecular flexibility index (Phi) is 7.00. The highest BCUT2D eigenvalue weighted by Crippen LogP contribution is 2.31. The third-order valence-corrected chi connectivity index (χ3v) is 5.07. The van der Waals surface area contributed by atoms with Gasteiger partial charge in [0.25, 0.3) is 0 Å². The third kappa shape index (κ3) is 5.24. The van der Waals surface area contributed by atoms with Crippen LogP contribution in [0.3, 0.4) is 0 Å². The Morgan fingerprint density at radius 2 is 2.14 bits per heavy atom. The van der Waals surface area contributed by atoms with E-state index in [0.29, 0.717) is 6.04 Å². The lowest BCUT2D eigenvalue weighted by atomic mass is 10.0. The van der Waals surface area contributed by atoms with Gasteiger partial charge in [0.2, 0.25) is 0 Å². The van der Waals surface area contributed by atoms with Gasteiger partial charge in [-0.3, -0.25) is 0 Å². The summed E-state index contributed by atoms with van der Waals surface area (Å²) in [5.74, 6) is 0. The van der Waals surface area contributed by atoms with Crippen LogP contribution in [0.5, 0.6) is 0 Å². The van der Waals surface area contributed by atoms with Gasteiger partial charge >= 0.3 is 0 Å². The molecule has 118 valence electrons. The molecular weight excluding hydrogens is 348 g/mol. The molecule has 0 amide bonds. The molecular formula is C17H26BrClN2. The van der Waals surface area contributed by atoms with Crippen LogP contribution in [0.2, 0.25) is 5.02 Å². The van der Waals surface area contributed by atoms with Gasteiger partial charge in [-0.15, -0.1) is 0 Å². The highest BCUT2D eigenvalue weighted by Gasteiger charge is 2.28. The molecule has 0 aromatic heterocycles. The second-order valence-electron chi connectivity index (χ2n) is 5.92. The minimum atomic E-state index is 0.327. The van der Waals surface area contributed by atoms with Crippen LogP contribution in [-0.4, -0.2) is 31.1 Å². The summed E-state index contributed by atoms with van der Waals surface area (Å²) < 4.78 is 1.04. The Hall–Kier alpha value is -0.0900. The highest BCUT2D eigenvalue weighted by atomic mass is 79.9. The van der Waals surface area contributed by atoms with Crippen molar-refractivity contribution in [2.45, 2.75) is 51.1 Å². The minimum absolute atomic E-state index is 0.327. The van der Waals surface area contributed by atoms with Crippen molar-refractivity contribution in [3.05, 3.63) is 33.3 Å². The molecule has 21 heavy (non-hydrogen) atoms. The molecule has 1 aromatic rings. The van der Waals surface area contributed by atoms with E-state index in [2.05, 4.69) is 45.2 Å². The number of nitrogens with one attached hydrogen (secondary N) is 1. The van der Waals surface area contributed by atoms with Crippen LogP contribution < -0.4 is 5.32 Å². The fraction of sp³-hybridized carbons (Fsp3) is 0.647. The predicted molar refractivity (Wildman–Crippen MR) is 95.1 cm³/mol. The van der Waals surface area contributed by atoms with Gasteiger partial charge in [0.05, 0.1) is 0 Å². The van der Waals surface area contributed by atoms with Crippen molar-refractivity contribution in [1.82, 2.24) is 10.2 Å². The lowest BCUT2D eigenvalue weighted by Gasteiger charge is -2.25. The zero-order valence-corrected chi connectivity index (χ0v) is 15.4. The van der Waals surface area contributed by atoms with E-state index >= 15 is 0 Å². The van der Waals surface area contributed by atoms with Crippen LogP contribution in [0.1, 0.15) is 50.6 Å². The molecule has 1 saturated carbocycles. The van der Waals surface area contributed by atoms with E-state index in [-0.39, 0.29) is 0 Å². The van der Waals surface area contributed by atoms with Gasteiger partial charge < -0.3 is 10.2 Å². The van der Waals surface area contributed by atoms with Crippen LogP contribution >= 0.6 is 27.5 Å². The molecule has 1 aromatic carbocycles. The molecule has 1 fully saturated rings. The molecule has 0 bridgehead atoms. The number of halogens is 2. The maximum absolute atomic E-state index is 6.39. The summed E-state index contributed by atoms with van der Waals surface area (Å²) in [6, 6.07) is 7.35. The first-order chi connectivity index (χ1) is 10.2. The van der Waals surface area contributed by atoms with Crippen LogP contribution in [0, 0.1) is 0 Å². The third-order valence-electron chi connectivity index (χ3n) is 4.25. The largest absolute Gasteiger partial charge is 0.313 e. The summed E-state index contributed by atoms with van der Waals surface area (Å²) in [7, 11) is 2.02. The Labute approximate surface area is 142 Å². The first-order valence-electron chi connectivity index (χ1n) is 8.02. The monoisotopic (exact) mass is 372 g/mol. The van der Waals surface area contributed by atoms with Gasteiger partial charge in [0.1, 0.15) is 0 Å². The van der Waals surface area contributed by atoms with E-state index in [1.165, 1.54) is 37.8 Å². The minimum Gasteiger partial charge on any atom is -0.313 e. The van der Waals surface area contributed by atoms with E-state index < -0.39 is 0 Å². The molecule has 0 aliphatic heterocycles. The molecule has 1 aliphatic rings. The summed E-state index contributed by atoms with van der Waals surface area (Å²) in [4.78, 5) is 2.67. The Bertz CT molecular complexity index is 448. The fourth-order valence-corrected chi connectivity index (χ4v) is 3.62. The molecule has 2 rings (SSSR count). The summed E-state index contributed by atoms with van der Waals surface area (Å²) in [6.45, 7) is 4.66. The van der Waals surface area contributed by atoms with Crippen LogP contribution in [0.25, 0.3) is 0 Å². The second kappa shape index (κ2) is 8.52. The SMILES string of the molecule is CCCCN(CCC(NC)c1ccc(Br)cc1Cl)C1CC1. The first-order valence-corrected chi connectivity index (χ1v) is 9.19. The van der Waals surface area contributed by atoms with Gasteiger partial charge in [-0.25, -0.2) is 0 Å². The van der Waals surface area contributed by atoms with Crippen LogP contribution in [-0.2, 0) is 0 Å². The quantitative estimate of drug-likeness (QED) is 0.654. The molecule has 4 heteroatoms. The van der Waals surface area contributed by atoms with Gasteiger partial charge in [-0.1, -0.05) is 46.9 Å². The molecule has 1 aliphatic carbocycles. The number of hydrogen-bond acceptors (Lipinski definition) is 2. The lowest BCUT2D eigenvalue weighted by molar-refractivity contribution is 0.245.